The molecule has 140 valence electrons. The average molecular weight is 367 g/mol. The van der Waals surface area contributed by atoms with Gasteiger partial charge >= 0.3 is 14.5 Å². The summed E-state index contributed by atoms with van der Waals surface area (Å²) in [6.07, 6.45) is 0.136. The van der Waals surface area contributed by atoms with Crippen LogP contribution in [-0.4, -0.2) is 39.5 Å². The molecule has 0 radical (unpaired) electrons. The number of carbonyl (C=O) groups is 1. The van der Waals surface area contributed by atoms with E-state index in [2.05, 4.69) is 41.5 Å². The average Bonchev–Trinajstić information content (AvgIpc) is 2.69. The molecule has 1 aromatic carbocycles. The molecular weight excluding hydrogens is 336 g/mol. The molecule has 0 saturated heterocycles. The summed E-state index contributed by atoms with van der Waals surface area (Å²) in [6.45, 7) is 12.5. The Morgan fingerprint density at radius 2 is 1.84 bits per heavy atom. The van der Waals surface area contributed by atoms with Crippen molar-refractivity contribution in [2.24, 2.45) is 0 Å². The van der Waals surface area contributed by atoms with Gasteiger partial charge in [0.1, 0.15) is 11.3 Å². The summed E-state index contributed by atoms with van der Waals surface area (Å²) < 4.78 is 18.1. The van der Waals surface area contributed by atoms with Gasteiger partial charge in [-0.1, -0.05) is 53.7 Å². The maximum absolute atomic E-state index is 12.3. The number of methoxy groups -OCH3 is 1. The summed E-state index contributed by atoms with van der Waals surface area (Å²) in [5, 5.41) is 9.33. The van der Waals surface area contributed by atoms with Crippen LogP contribution in [0.15, 0.2) is 18.2 Å². The molecule has 1 aliphatic heterocycles. The van der Waals surface area contributed by atoms with Gasteiger partial charge in [-0.05, 0) is 11.6 Å². The Kier molecular flexibility index (Phi) is 5.38. The number of benzene rings is 1. The monoisotopic (exact) mass is 366 g/mol. The lowest BCUT2D eigenvalue weighted by atomic mass is 10.0. The lowest BCUT2D eigenvalue weighted by Crippen LogP contribution is -2.61. The number of ether oxygens (including phenoxy) is 1. The lowest BCUT2D eigenvalue weighted by Gasteiger charge is -2.49. The van der Waals surface area contributed by atoms with Crippen molar-refractivity contribution in [2.45, 2.75) is 64.1 Å². The van der Waals surface area contributed by atoms with E-state index in [0.29, 0.717) is 17.7 Å². The van der Waals surface area contributed by atoms with Crippen LogP contribution < -0.4 is 4.43 Å². The fourth-order valence-electron chi connectivity index (χ4n) is 3.71. The Balaban J connectivity index is 2.74. The third-order valence-electron chi connectivity index (χ3n) is 4.71. The molecule has 0 fully saturated rings. The van der Waals surface area contributed by atoms with E-state index >= 15 is 0 Å². The molecule has 2 rings (SSSR count). The van der Waals surface area contributed by atoms with Gasteiger partial charge in [0, 0.05) is 16.5 Å². The molecular formula is C19H30O5Si. The van der Waals surface area contributed by atoms with Gasteiger partial charge in [-0.15, -0.1) is 0 Å². The summed E-state index contributed by atoms with van der Waals surface area (Å²) >= 11 is 0. The maximum atomic E-state index is 12.3. The Morgan fingerprint density at radius 1 is 1.24 bits per heavy atom. The van der Waals surface area contributed by atoms with Crippen molar-refractivity contribution >= 4 is 14.5 Å². The number of hydrogen-bond acceptors (Lipinski definition) is 5. The van der Waals surface area contributed by atoms with Gasteiger partial charge < -0.3 is 18.7 Å². The van der Waals surface area contributed by atoms with Gasteiger partial charge in [-0.3, -0.25) is 0 Å². The number of carbonyl (C=O) groups excluding carboxylic acids is 1. The predicted molar refractivity (Wildman–Crippen MR) is 99.3 cm³/mol. The zero-order valence-corrected chi connectivity index (χ0v) is 17.3. The van der Waals surface area contributed by atoms with E-state index in [1.807, 2.05) is 12.1 Å². The molecule has 0 spiro atoms. The van der Waals surface area contributed by atoms with Crippen LogP contribution in [-0.2, 0) is 15.6 Å². The fraction of sp³-hybridized carbons (Fsp3) is 0.632. The third kappa shape index (κ3) is 3.48. The summed E-state index contributed by atoms with van der Waals surface area (Å²) in [7, 11) is -1.56. The Hall–Kier alpha value is -1.37. The molecule has 6 heteroatoms. The number of rotatable bonds is 2. The predicted octanol–water partition coefficient (Wildman–Crippen LogP) is 3.83. The quantitative estimate of drug-likeness (QED) is 0.636. The summed E-state index contributed by atoms with van der Waals surface area (Å²) in [5.74, 6) is 0.117. The smallest absolute Gasteiger partial charge is 0.410 e. The highest BCUT2D eigenvalue weighted by molar-refractivity contribution is 6.74. The first-order valence-corrected chi connectivity index (χ1v) is 10.5. The van der Waals surface area contributed by atoms with Gasteiger partial charge in [-0.2, -0.15) is 0 Å². The van der Waals surface area contributed by atoms with Gasteiger partial charge in [-0.25, -0.2) is 4.79 Å². The van der Waals surface area contributed by atoms with Crippen molar-refractivity contribution in [1.29, 1.82) is 0 Å². The summed E-state index contributed by atoms with van der Waals surface area (Å²) in [5.41, 5.74) is 1.28. The van der Waals surface area contributed by atoms with Crippen molar-refractivity contribution in [3.05, 3.63) is 29.3 Å². The highest BCUT2D eigenvalue weighted by Crippen LogP contribution is 2.54. The molecule has 1 aromatic rings. The Bertz CT molecular complexity index is 628. The molecule has 0 bridgehead atoms. The van der Waals surface area contributed by atoms with Crippen LogP contribution in [0.5, 0.6) is 5.75 Å². The first-order chi connectivity index (χ1) is 11.5. The number of esters is 1. The topological polar surface area (TPSA) is 65.0 Å². The zero-order valence-electron chi connectivity index (χ0n) is 16.3. The number of hydrogen-bond donors (Lipinski definition) is 1. The van der Waals surface area contributed by atoms with Crippen LogP contribution in [0.1, 0.15) is 57.5 Å². The molecule has 1 aliphatic rings. The van der Waals surface area contributed by atoms with Crippen molar-refractivity contribution in [3.8, 4) is 5.75 Å². The van der Waals surface area contributed by atoms with Crippen molar-refractivity contribution in [3.63, 3.8) is 0 Å². The van der Waals surface area contributed by atoms with Gasteiger partial charge in [0.15, 0.2) is 0 Å². The number of para-hydroxylation sites is 1. The highest BCUT2D eigenvalue weighted by atomic mass is 28.4. The Morgan fingerprint density at radius 3 is 2.32 bits per heavy atom. The van der Waals surface area contributed by atoms with Gasteiger partial charge in [0.05, 0.1) is 19.8 Å². The van der Waals surface area contributed by atoms with Crippen LogP contribution in [0.4, 0.5) is 0 Å². The van der Waals surface area contributed by atoms with E-state index in [-0.39, 0.29) is 22.8 Å². The third-order valence-corrected chi connectivity index (χ3v) is 9.81. The molecule has 1 N–H and O–H groups in total. The first kappa shape index (κ1) is 19.9. The van der Waals surface area contributed by atoms with E-state index in [1.165, 1.54) is 7.11 Å². The van der Waals surface area contributed by atoms with Crippen LogP contribution >= 0.6 is 0 Å². The second-order valence-corrected chi connectivity index (χ2v) is 13.3. The molecule has 5 nitrogen and oxygen atoms in total. The van der Waals surface area contributed by atoms with Crippen molar-refractivity contribution < 1.29 is 23.5 Å². The minimum absolute atomic E-state index is 0.0911. The second-order valence-electron chi connectivity index (χ2n) is 8.63. The molecule has 1 unspecified atom stereocenters. The second kappa shape index (κ2) is 6.74. The van der Waals surface area contributed by atoms with Crippen LogP contribution in [0.2, 0.25) is 10.1 Å². The molecule has 0 saturated carbocycles. The minimum Gasteiger partial charge on any atom is -0.518 e. The summed E-state index contributed by atoms with van der Waals surface area (Å²) in [4.78, 5) is 12.3. The van der Waals surface area contributed by atoms with Gasteiger partial charge in [0.25, 0.3) is 0 Å². The minimum atomic E-state index is -2.93. The van der Waals surface area contributed by atoms with E-state index in [9.17, 15) is 9.90 Å². The highest BCUT2D eigenvalue weighted by Gasteiger charge is 2.62. The molecule has 0 amide bonds. The molecule has 1 atom stereocenters. The van der Waals surface area contributed by atoms with Crippen molar-refractivity contribution in [2.75, 3.05) is 13.7 Å². The van der Waals surface area contributed by atoms with E-state index in [4.69, 9.17) is 13.6 Å². The first-order valence-electron chi connectivity index (χ1n) is 8.64. The van der Waals surface area contributed by atoms with Crippen LogP contribution in [0.3, 0.4) is 0 Å². The van der Waals surface area contributed by atoms with Crippen LogP contribution in [0.25, 0.3) is 0 Å². The summed E-state index contributed by atoms with van der Waals surface area (Å²) in [6, 6.07) is 5.45. The molecule has 0 aliphatic carbocycles. The van der Waals surface area contributed by atoms with E-state index in [1.54, 1.807) is 6.07 Å². The zero-order chi connectivity index (χ0) is 19.0. The Labute approximate surface area is 151 Å². The van der Waals surface area contributed by atoms with Crippen molar-refractivity contribution in [1.82, 2.24) is 0 Å². The van der Waals surface area contributed by atoms with E-state index in [0.717, 1.165) is 5.56 Å². The van der Waals surface area contributed by atoms with Crippen LogP contribution in [0, 0.1) is 0 Å². The largest absolute Gasteiger partial charge is 0.518 e. The van der Waals surface area contributed by atoms with Gasteiger partial charge in [0.2, 0.25) is 0 Å². The number of aliphatic hydroxyl groups excluding tert-OH is 1. The lowest BCUT2D eigenvalue weighted by molar-refractivity contribution is 0.0594. The molecule has 1 heterocycles. The fourth-order valence-corrected chi connectivity index (χ4v) is 8.49. The maximum Gasteiger partial charge on any atom is 0.410 e. The number of fused-ring (bicyclic) bond motifs is 1. The van der Waals surface area contributed by atoms with E-state index < -0.39 is 14.5 Å². The molecule has 25 heavy (non-hydrogen) atoms. The number of aliphatic hydroxyl groups is 1. The SMILES string of the molecule is COC(=O)c1cccc2c1O[Si](C(C)(C)C)(C(C)(C)C)OC(CO)C2. The normalized spacial score (nSPS) is 20.2. The standard InChI is InChI=1S/C19H30O5Si/c1-18(2,3)25(19(4,5)6)23-14(12-20)11-13-9-8-10-15(16(13)24-25)17(21)22-7/h8-10,14,20H,11-12H2,1-7H3. The molecule has 0 aromatic heterocycles.